The molecule has 148 valence electrons. The van der Waals surface area contributed by atoms with Gasteiger partial charge >= 0.3 is 5.91 Å². The first-order valence-electron chi connectivity index (χ1n) is 10.6. The lowest BCUT2D eigenvalue weighted by atomic mass is 10.1. The minimum absolute atomic E-state index is 0.0728. The molecule has 0 bridgehead atoms. The summed E-state index contributed by atoms with van der Waals surface area (Å²) in [5, 5.41) is 9.62. The summed E-state index contributed by atoms with van der Waals surface area (Å²) in [6, 6.07) is 0. The summed E-state index contributed by atoms with van der Waals surface area (Å²) in [5.41, 5.74) is 0. The molecule has 3 heteroatoms. The summed E-state index contributed by atoms with van der Waals surface area (Å²) >= 11 is 0. The number of carbonyl (C=O) groups is 1. The van der Waals surface area contributed by atoms with Gasteiger partial charge in [0.1, 0.15) is 0 Å². The van der Waals surface area contributed by atoms with E-state index in [1.54, 1.807) is 21.0 Å². The Kier molecular flexibility index (Phi) is 15.2. The summed E-state index contributed by atoms with van der Waals surface area (Å²) in [5.74, 6) is 0.132. The molecule has 1 N–H and O–H groups in total. The van der Waals surface area contributed by atoms with E-state index >= 15 is 0 Å². The van der Waals surface area contributed by atoms with Gasteiger partial charge in [-0.3, -0.25) is 0 Å². The number of aliphatic hydroxyl groups is 1. The Morgan fingerprint density at radius 3 is 1.76 bits per heavy atom. The predicted octanol–water partition coefficient (Wildman–Crippen LogP) is 5.97. The van der Waals surface area contributed by atoms with Gasteiger partial charge in [-0.25, -0.2) is 9.28 Å². The van der Waals surface area contributed by atoms with Gasteiger partial charge in [0.05, 0.1) is 20.5 Å². The number of unbranched alkanes of at least 4 members (excludes halogenated alkanes) is 11. The van der Waals surface area contributed by atoms with Crippen LogP contribution in [0.3, 0.4) is 0 Å². The van der Waals surface area contributed by atoms with Crippen molar-refractivity contribution in [1.29, 1.82) is 0 Å². The molecule has 0 heterocycles. The van der Waals surface area contributed by atoms with Crippen LogP contribution in [0.5, 0.6) is 0 Å². The summed E-state index contributed by atoms with van der Waals surface area (Å²) < 4.78 is 0.0728. The molecular formula is C22H44NO2+. The summed E-state index contributed by atoms with van der Waals surface area (Å²) in [4.78, 5) is 12.0. The van der Waals surface area contributed by atoms with Crippen molar-refractivity contribution in [1.82, 2.24) is 0 Å². The van der Waals surface area contributed by atoms with Crippen molar-refractivity contribution in [3.05, 3.63) is 12.2 Å². The summed E-state index contributed by atoms with van der Waals surface area (Å²) in [7, 11) is 3.56. The minimum atomic E-state index is -0.629. The van der Waals surface area contributed by atoms with Crippen LogP contribution >= 0.6 is 0 Å². The summed E-state index contributed by atoms with van der Waals surface area (Å²) in [6.45, 7) is 3.94. The Labute approximate surface area is 157 Å². The second-order valence-corrected chi connectivity index (χ2v) is 7.90. The van der Waals surface area contributed by atoms with E-state index < -0.39 is 6.23 Å². The highest BCUT2D eigenvalue weighted by Crippen LogP contribution is 2.13. The molecule has 0 aromatic heterocycles. The van der Waals surface area contributed by atoms with Gasteiger partial charge in [-0.15, -0.1) is 0 Å². The number of hydrogen-bond donors (Lipinski definition) is 1. The maximum atomic E-state index is 12.0. The fourth-order valence-electron chi connectivity index (χ4n) is 2.84. The average molecular weight is 355 g/mol. The van der Waals surface area contributed by atoms with Crippen LogP contribution in [0.2, 0.25) is 0 Å². The van der Waals surface area contributed by atoms with Crippen LogP contribution in [0.15, 0.2) is 12.2 Å². The quantitative estimate of drug-likeness (QED) is 0.161. The van der Waals surface area contributed by atoms with E-state index in [-0.39, 0.29) is 10.4 Å². The molecule has 0 radical (unpaired) electrons. The molecular weight excluding hydrogens is 310 g/mol. The zero-order valence-corrected chi connectivity index (χ0v) is 17.4. The highest BCUT2D eigenvalue weighted by atomic mass is 16.3. The fourth-order valence-corrected chi connectivity index (χ4v) is 2.84. The van der Waals surface area contributed by atoms with Crippen molar-refractivity contribution >= 4 is 5.91 Å². The predicted molar refractivity (Wildman–Crippen MR) is 108 cm³/mol. The zero-order valence-electron chi connectivity index (χ0n) is 17.4. The molecule has 0 aliphatic heterocycles. The Balaban J connectivity index is 3.39. The Morgan fingerprint density at radius 1 is 0.840 bits per heavy atom. The maximum absolute atomic E-state index is 12.0. The Bertz CT molecular complexity index is 348. The number of aliphatic hydroxyl groups excluding tert-OH is 1. The van der Waals surface area contributed by atoms with Gasteiger partial charge in [0.2, 0.25) is 0 Å². The third kappa shape index (κ3) is 13.2. The molecule has 0 saturated carbocycles. The fraction of sp³-hybridized carbons (Fsp3) is 0.864. The van der Waals surface area contributed by atoms with Crippen molar-refractivity contribution in [2.45, 2.75) is 110 Å². The highest BCUT2D eigenvalue weighted by molar-refractivity contribution is 5.68. The SMILES string of the molecule is CCCCCCCCC=CCCCCCCCC(=O)[N+](C)(C)C(C)O. The van der Waals surface area contributed by atoms with Crippen LogP contribution in [-0.2, 0) is 4.79 Å². The number of nitrogens with zero attached hydrogens (tertiary/aromatic N) is 1. The average Bonchev–Trinajstić information content (AvgIpc) is 2.57. The van der Waals surface area contributed by atoms with Crippen LogP contribution in [0, 0.1) is 0 Å². The molecule has 1 atom stereocenters. The highest BCUT2D eigenvalue weighted by Gasteiger charge is 2.30. The van der Waals surface area contributed by atoms with Gasteiger partial charge in [-0.2, -0.15) is 0 Å². The molecule has 0 aromatic rings. The first kappa shape index (κ1) is 24.3. The van der Waals surface area contributed by atoms with Crippen molar-refractivity contribution in [2.75, 3.05) is 14.1 Å². The molecule has 1 unspecified atom stereocenters. The normalized spacial score (nSPS) is 13.5. The van der Waals surface area contributed by atoms with Gasteiger partial charge < -0.3 is 5.11 Å². The van der Waals surface area contributed by atoms with Crippen LogP contribution in [0.4, 0.5) is 0 Å². The lowest BCUT2D eigenvalue weighted by Crippen LogP contribution is -2.51. The molecule has 0 saturated heterocycles. The number of rotatable bonds is 16. The second-order valence-electron chi connectivity index (χ2n) is 7.90. The molecule has 0 spiro atoms. The Morgan fingerprint density at radius 2 is 1.28 bits per heavy atom. The van der Waals surface area contributed by atoms with Crippen LogP contribution in [0.1, 0.15) is 104 Å². The van der Waals surface area contributed by atoms with E-state index in [0.29, 0.717) is 6.42 Å². The smallest absolute Gasteiger partial charge is 0.315 e. The number of allylic oxidation sites excluding steroid dienone is 2. The zero-order chi connectivity index (χ0) is 19.0. The van der Waals surface area contributed by atoms with Gasteiger partial charge in [-0.1, -0.05) is 70.4 Å². The van der Waals surface area contributed by atoms with Gasteiger partial charge in [-0.05, 0) is 32.1 Å². The van der Waals surface area contributed by atoms with Crippen LogP contribution < -0.4 is 0 Å². The molecule has 25 heavy (non-hydrogen) atoms. The third-order valence-electron chi connectivity index (χ3n) is 5.23. The molecule has 3 nitrogen and oxygen atoms in total. The van der Waals surface area contributed by atoms with E-state index in [1.165, 1.54) is 70.6 Å². The van der Waals surface area contributed by atoms with Gasteiger partial charge in [0, 0.05) is 6.92 Å². The standard InChI is InChI=1S/C22H44NO2/c1-5-6-7-8-9-10-11-12-13-14-15-16-17-18-19-20-22(25)23(3,4)21(2)24/h12-13,21,24H,5-11,14-20H2,1-4H3/q+1. The van der Waals surface area contributed by atoms with Crippen molar-refractivity contribution in [3.63, 3.8) is 0 Å². The second kappa shape index (κ2) is 15.6. The van der Waals surface area contributed by atoms with Crippen LogP contribution in [-0.4, -0.2) is 35.8 Å². The molecule has 1 amide bonds. The van der Waals surface area contributed by atoms with E-state index in [1.807, 2.05) is 0 Å². The molecule has 0 fully saturated rings. The molecule has 0 aliphatic rings. The largest absolute Gasteiger partial charge is 0.345 e. The van der Waals surface area contributed by atoms with Gasteiger partial charge in [0.25, 0.3) is 0 Å². The molecule has 0 aliphatic carbocycles. The Hall–Kier alpha value is -0.670. The van der Waals surface area contributed by atoms with Crippen LogP contribution in [0.25, 0.3) is 0 Å². The lowest BCUT2D eigenvalue weighted by Gasteiger charge is -2.29. The lowest BCUT2D eigenvalue weighted by molar-refractivity contribution is -0.863. The minimum Gasteiger partial charge on any atom is -0.345 e. The first-order chi connectivity index (χ1) is 11.9. The molecule has 0 aromatic carbocycles. The first-order valence-corrected chi connectivity index (χ1v) is 10.6. The topological polar surface area (TPSA) is 37.3 Å². The third-order valence-corrected chi connectivity index (χ3v) is 5.23. The number of carbonyl (C=O) groups excluding carboxylic acids is 1. The van der Waals surface area contributed by atoms with E-state index in [9.17, 15) is 9.90 Å². The number of quaternary nitrogens is 1. The van der Waals surface area contributed by atoms with Crippen molar-refractivity contribution in [2.24, 2.45) is 0 Å². The number of hydrogen-bond acceptors (Lipinski definition) is 2. The maximum Gasteiger partial charge on any atom is 0.315 e. The van der Waals surface area contributed by atoms with E-state index in [2.05, 4.69) is 19.1 Å². The van der Waals surface area contributed by atoms with Crippen molar-refractivity contribution < 1.29 is 14.4 Å². The monoisotopic (exact) mass is 354 g/mol. The van der Waals surface area contributed by atoms with Crippen molar-refractivity contribution in [3.8, 4) is 0 Å². The van der Waals surface area contributed by atoms with E-state index in [4.69, 9.17) is 0 Å². The summed E-state index contributed by atoms with van der Waals surface area (Å²) in [6.07, 6.45) is 21.1. The van der Waals surface area contributed by atoms with Gasteiger partial charge in [0.15, 0.2) is 6.23 Å². The van der Waals surface area contributed by atoms with E-state index in [0.717, 1.165) is 12.8 Å². The molecule has 0 rings (SSSR count). The number of amides is 1.